The summed E-state index contributed by atoms with van der Waals surface area (Å²) in [6.45, 7) is 3.51. The summed E-state index contributed by atoms with van der Waals surface area (Å²) in [6, 6.07) is 8.56. The number of amides is 1. The van der Waals surface area contributed by atoms with E-state index in [1.165, 1.54) is 35.5 Å². The van der Waals surface area contributed by atoms with E-state index in [0.717, 1.165) is 25.1 Å². The second-order valence-electron chi connectivity index (χ2n) is 7.51. The summed E-state index contributed by atoms with van der Waals surface area (Å²) >= 11 is 6.53. The Morgan fingerprint density at radius 2 is 2.00 bits per heavy atom. The largest absolute Gasteiger partial charge is 0.302 e. The Morgan fingerprint density at radius 1 is 1.23 bits per heavy atom. The molecule has 3 aromatic rings. The minimum absolute atomic E-state index is 0.179. The van der Waals surface area contributed by atoms with Gasteiger partial charge in [-0.1, -0.05) is 23.7 Å². The number of carbonyl (C=O) groups is 1. The standard InChI is InChI=1S/C22H22ClFN6O/c1-14-4-3-5-19(24)21(14)30(28-22(31)17-10-25-13-26-11-17)27-20-9-16-12-29(2)7-6-15(16)8-18(20)23/h3-5,8-11,13,27H,6-7,12H2,1-2H3,(H,28,31). The molecule has 0 bridgehead atoms. The minimum atomic E-state index is -0.496. The van der Waals surface area contributed by atoms with Crippen LogP contribution in [0.5, 0.6) is 0 Å². The van der Waals surface area contributed by atoms with E-state index in [1.807, 2.05) is 12.1 Å². The molecule has 0 saturated carbocycles. The van der Waals surface area contributed by atoms with Crippen LogP contribution in [0.2, 0.25) is 5.02 Å². The first-order valence-corrected chi connectivity index (χ1v) is 10.2. The molecule has 7 nitrogen and oxygen atoms in total. The zero-order chi connectivity index (χ0) is 22.0. The van der Waals surface area contributed by atoms with Crippen molar-refractivity contribution in [3.05, 3.63) is 82.1 Å². The third-order valence-electron chi connectivity index (χ3n) is 5.17. The number of para-hydroxylation sites is 1. The second-order valence-corrected chi connectivity index (χ2v) is 7.92. The van der Waals surface area contributed by atoms with Crippen molar-refractivity contribution in [1.82, 2.24) is 20.3 Å². The highest BCUT2D eigenvalue weighted by molar-refractivity contribution is 6.33. The predicted octanol–water partition coefficient (Wildman–Crippen LogP) is 3.74. The van der Waals surface area contributed by atoms with Gasteiger partial charge in [-0.3, -0.25) is 10.2 Å². The number of fused-ring (bicyclic) bond motifs is 1. The fraction of sp³-hybridized carbons (Fsp3) is 0.227. The zero-order valence-corrected chi connectivity index (χ0v) is 17.9. The number of rotatable bonds is 5. The summed E-state index contributed by atoms with van der Waals surface area (Å²) in [7, 11) is 2.06. The van der Waals surface area contributed by atoms with Gasteiger partial charge in [-0.05, 0) is 55.3 Å². The van der Waals surface area contributed by atoms with E-state index in [0.29, 0.717) is 16.3 Å². The van der Waals surface area contributed by atoms with Gasteiger partial charge in [0, 0.05) is 25.5 Å². The molecule has 9 heteroatoms. The van der Waals surface area contributed by atoms with Gasteiger partial charge in [0.1, 0.15) is 12.0 Å². The van der Waals surface area contributed by atoms with Gasteiger partial charge in [-0.15, -0.1) is 0 Å². The van der Waals surface area contributed by atoms with Gasteiger partial charge in [0.15, 0.2) is 5.82 Å². The van der Waals surface area contributed by atoms with Gasteiger partial charge in [0.25, 0.3) is 5.91 Å². The second kappa shape index (κ2) is 8.87. The van der Waals surface area contributed by atoms with E-state index < -0.39 is 11.7 Å². The molecular formula is C22H22ClFN6O. The maximum absolute atomic E-state index is 14.8. The van der Waals surface area contributed by atoms with Crippen molar-refractivity contribution in [2.75, 3.05) is 24.1 Å². The van der Waals surface area contributed by atoms with E-state index in [9.17, 15) is 9.18 Å². The van der Waals surface area contributed by atoms with Gasteiger partial charge >= 0.3 is 0 Å². The first-order valence-electron chi connectivity index (χ1n) is 9.80. The van der Waals surface area contributed by atoms with Crippen LogP contribution in [-0.4, -0.2) is 34.4 Å². The van der Waals surface area contributed by atoms with E-state index in [4.69, 9.17) is 11.6 Å². The lowest BCUT2D eigenvalue weighted by Gasteiger charge is -2.30. The number of likely N-dealkylation sites (N-methyl/N-ethyl adjacent to an activating group) is 1. The average Bonchev–Trinajstić information content (AvgIpc) is 2.75. The van der Waals surface area contributed by atoms with Crippen LogP contribution in [0, 0.1) is 12.7 Å². The number of halogens is 2. The zero-order valence-electron chi connectivity index (χ0n) is 17.2. The molecule has 0 atom stereocenters. The van der Waals surface area contributed by atoms with Crippen LogP contribution in [0.4, 0.5) is 15.8 Å². The lowest BCUT2D eigenvalue weighted by molar-refractivity contribution is 0.0950. The van der Waals surface area contributed by atoms with Crippen molar-refractivity contribution in [3.63, 3.8) is 0 Å². The van der Waals surface area contributed by atoms with E-state index in [-0.39, 0.29) is 11.3 Å². The van der Waals surface area contributed by atoms with Crippen LogP contribution < -0.4 is 16.0 Å². The van der Waals surface area contributed by atoms with Crippen LogP contribution in [0.15, 0.2) is 49.1 Å². The average molecular weight is 441 g/mol. The minimum Gasteiger partial charge on any atom is -0.302 e. The van der Waals surface area contributed by atoms with Crippen molar-refractivity contribution in [2.24, 2.45) is 0 Å². The molecule has 0 radical (unpaired) electrons. The lowest BCUT2D eigenvalue weighted by Crippen LogP contribution is -2.47. The Bertz CT molecular complexity index is 1090. The topological polar surface area (TPSA) is 73.4 Å². The van der Waals surface area contributed by atoms with Crippen molar-refractivity contribution < 1.29 is 9.18 Å². The Balaban J connectivity index is 1.70. The number of anilines is 2. The predicted molar refractivity (Wildman–Crippen MR) is 118 cm³/mol. The maximum Gasteiger partial charge on any atom is 0.274 e. The molecule has 1 aromatic heterocycles. The molecule has 4 rings (SSSR count). The summed E-state index contributed by atoms with van der Waals surface area (Å²) in [6.07, 6.45) is 5.01. The third-order valence-corrected chi connectivity index (χ3v) is 5.49. The maximum atomic E-state index is 14.8. The van der Waals surface area contributed by atoms with Gasteiger partial charge in [-0.25, -0.2) is 19.8 Å². The molecular weight excluding hydrogens is 419 g/mol. The molecule has 1 amide bonds. The number of benzene rings is 2. The van der Waals surface area contributed by atoms with Gasteiger partial charge in [-0.2, -0.15) is 5.12 Å². The quantitative estimate of drug-likeness (QED) is 0.589. The molecule has 0 spiro atoms. The monoisotopic (exact) mass is 440 g/mol. The van der Waals surface area contributed by atoms with Crippen LogP contribution >= 0.6 is 11.6 Å². The number of hydrogen-bond donors (Lipinski definition) is 2. The summed E-state index contributed by atoms with van der Waals surface area (Å²) in [5, 5.41) is 1.74. The number of hydrogen-bond acceptors (Lipinski definition) is 6. The highest BCUT2D eigenvalue weighted by Crippen LogP contribution is 2.31. The molecule has 160 valence electrons. The fourth-order valence-corrected chi connectivity index (χ4v) is 3.78. The SMILES string of the molecule is Cc1cccc(F)c1N(NC(=O)c1cncnc1)Nc1cc2c(cc1Cl)CCN(C)C2. The molecule has 0 fully saturated rings. The summed E-state index contributed by atoms with van der Waals surface area (Å²) < 4.78 is 14.8. The molecule has 1 aliphatic heterocycles. The first-order chi connectivity index (χ1) is 14.9. The van der Waals surface area contributed by atoms with E-state index in [1.54, 1.807) is 19.1 Å². The van der Waals surface area contributed by atoms with Gasteiger partial charge in [0.05, 0.1) is 16.3 Å². The summed E-state index contributed by atoms with van der Waals surface area (Å²) in [5.41, 5.74) is 9.70. The molecule has 31 heavy (non-hydrogen) atoms. The molecule has 2 N–H and O–H groups in total. The Labute approximate surface area is 184 Å². The first kappa shape index (κ1) is 21.0. The molecule has 0 unspecified atom stereocenters. The fourth-order valence-electron chi connectivity index (χ4n) is 3.56. The van der Waals surface area contributed by atoms with Crippen molar-refractivity contribution in [2.45, 2.75) is 19.9 Å². The van der Waals surface area contributed by atoms with Gasteiger partial charge < -0.3 is 4.90 Å². The van der Waals surface area contributed by atoms with E-state index in [2.05, 4.69) is 32.8 Å². The highest BCUT2D eigenvalue weighted by Gasteiger charge is 2.21. The molecule has 0 aliphatic carbocycles. The summed E-state index contributed by atoms with van der Waals surface area (Å²) in [4.78, 5) is 22.7. The van der Waals surface area contributed by atoms with Crippen molar-refractivity contribution >= 4 is 28.9 Å². The van der Waals surface area contributed by atoms with Crippen LogP contribution in [0.3, 0.4) is 0 Å². The number of aromatic nitrogens is 2. The Kier molecular flexibility index (Phi) is 6.01. The molecule has 2 heterocycles. The Morgan fingerprint density at radius 3 is 2.74 bits per heavy atom. The lowest BCUT2D eigenvalue weighted by atomic mass is 9.99. The molecule has 1 aliphatic rings. The number of nitrogens with one attached hydrogen (secondary N) is 2. The third kappa shape index (κ3) is 4.60. The summed E-state index contributed by atoms with van der Waals surface area (Å²) in [5.74, 6) is -0.990. The Hall–Kier alpha value is -3.23. The van der Waals surface area contributed by atoms with Crippen LogP contribution in [0.1, 0.15) is 27.0 Å². The number of carbonyl (C=O) groups excluding carboxylic acids is 1. The molecule has 0 saturated heterocycles. The van der Waals surface area contributed by atoms with Crippen molar-refractivity contribution in [1.29, 1.82) is 0 Å². The van der Waals surface area contributed by atoms with E-state index >= 15 is 0 Å². The molecule has 2 aromatic carbocycles. The normalized spacial score (nSPS) is 13.4. The number of nitrogens with zero attached hydrogens (tertiary/aromatic N) is 4. The van der Waals surface area contributed by atoms with Gasteiger partial charge in [0.2, 0.25) is 0 Å². The smallest absolute Gasteiger partial charge is 0.274 e. The number of aryl methyl sites for hydroxylation is 1. The highest BCUT2D eigenvalue weighted by atomic mass is 35.5. The van der Waals surface area contributed by atoms with Crippen LogP contribution in [-0.2, 0) is 13.0 Å². The van der Waals surface area contributed by atoms with Crippen LogP contribution in [0.25, 0.3) is 0 Å². The van der Waals surface area contributed by atoms with Crippen molar-refractivity contribution in [3.8, 4) is 0 Å². The number of hydrazine groups is 2.